The summed E-state index contributed by atoms with van der Waals surface area (Å²) in [5, 5.41) is 0. The second-order valence-electron chi connectivity index (χ2n) is 5.54. The molecule has 1 aliphatic heterocycles. The monoisotopic (exact) mass is 280 g/mol. The summed E-state index contributed by atoms with van der Waals surface area (Å²) in [5.74, 6) is 1.91. The minimum atomic E-state index is -0.117. The summed E-state index contributed by atoms with van der Waals surface area (Å²) in [6, 6.07) is 4.03. The molecule has 0 aromatic carbocycles. The Balaban J connectivity index is 2.11. The van der Waals surface area contributed by atoms with E-state index in [9.17, 15) is 4.79 Å². The number of likely N-dealkylation sites (N-methyl/N-ethyl adjacent to an activating group) is 1. The van der Waals surface area contributed by atoms with Gasteiger partial charge >= 0.3 is 0 Å². The maximum absolute atomic E-state index is 12.1. The second kappa shape index (κ2) is 6.41. The number of carbonyl (C=O) groups excluding carboxylic acids is 1. The van der Waals surface area contributed by atoms with Crippen LogP contribution in [-0.2, 0) is 16.1 Å². The first kappa shape index (κ1) is 15.1. The first-order chi connectivity index (χ1) is 9.54. The zero-order valence-corrected chi connectivity index (χ0v) is 12.8. The van der Waals surface area contributed by atoms with Crippen LogP contribution in [0.3, 0.4) is 0 Å². The molecule has 112 valence electrons. The standard InChI is InChI=1S/C15H24N2O3/c1-11(15(18)16(2)3)17-9-5-6-13(17)14-8-7-12(20-14)10-19-4/h7-8,11,13H,5-6,9-10H2,1-4H3/t11-,13-/m0/s1. The number of hydrogen-bond donors (Lipinski definition) is 0. The summed E-state index contributed by atoms with van der Waals surface area (Å²) in [4.78, 5) is 16.0. The molecule has 1 aromatic heterocycles. The summed E-state index contributed by atoms with van der Waals surface area (Å²) in [6.45, 7) is 3.39. The number of rotatable bonds is 5. The lowest BCUT2D eigenvalue weighted by Gasteiger charge is -2.30. The number of hydrogen-bond acceptors (Lipinski definition) is 4. The Morgan fingerprint density at radius 3 is 2.95 bits per heavy atom. The molecule has 2 rings (SSSR count). The third kappa shape index (κ3) is 3.04. The highest BCUT2D eigenvalue weighted by Crippen LogP contribution is 2.34. The van der Waals surface area contributed by atoms with Gasteiger partial charge in [-0.3, -0.25) is 9.69 Å². The fourth-order valence-corrected chi connectivity index (χ4v) is 2.87. The van der Waals surface area contributed by atoms with Crippen LogP contribution < -0.4 is 0 Å². The van der Waals surface area contributed by atoms with Crippen LogP contribution in [0.25, 0.3) is 0 Å². The summed E-state index contributed by atoms with van der Waals surface area (Å²) < 4.78 is 10.9. The Labute approximate surface area is 120 Å². The molecule has 0 aliphatic carbocycles. The lowest BCUT2D eigenvalue weighted by Crippen LogP contribution is -2.44. The normalized spacial score (nSPS) is 21.1. The van der Waals surface area contributed by atoms with Crippen molar-refractivity contribution in [2.75, 3.05) is 27.7 Å². The molecule has 20 heavy (non-hydrogen) atoms. The van der Waals surface area contributed by atoms with Gasteiger partial charge < -0.3 is 14.1 Å². The van der Waals surface area contributed by atoms with Crippen LogP contribution in [0, 0.1) is 0 Å². The van der Waals surface area contributed by atoms with E-state index in [1.165, 1.54) is 0 Å². The summed E-state index contributed by atoms with van der Waals surface area (Å²) in [6.07, 6.45) is 2.13. The van der Waals surface area contributed by atoms with E-state index in [0.29, 0.717) is 6.61 Å². The average molecular weight is 280 g/mol. The largest absolute Gasteiger partial charge is 0.462 e. The topological polar surface area (TPSA) is 45.9 Å². The highest BCUT2D eigenvalue weighted by molar-refractivity contribution is 5.81. The van der Waals surface area contributed by atoms with Gasteiger partial charge in [0.1, 0.15) is 18.1 Å². The SMILES string of the molecule is COCc1ccc([C@@H]2CCCN2[C@@H](C)C(=O)N(C)C)o1. The Hall–Kier alpha value is -1.33. The van der Waals surface area contributed by atoms with Gasteiger partial charge in [-0.2, -0.15) is 0 Å². The van der Waals surface area contributed by atoms with E-state index in [2.05, 4.69) is 4.90 Å². The number of nitrogens with zero attached hydrogens (tertiary/aromatic N) is 2. The first-order valence-corrected chi connectivity index (χ1v) is 7.09. The van der Waals surface area contributed by atoms with Gasteiger partial charge in [0.15, 0.2) is 0 Å². The summed E-state index contributed by atoms with van der Waals surface area (Å²) in [5.41, 5.74) is 0. The molecule has 2 heterocycles. The zero-order chi connectivity index (χ0) is 14.7. The van der Waals surface area contributed by atoms with Gasteiger partial charge in [0.25, 0.3) is 0 Å². The van der Waals surface area contributed by atoms with E-state index in [4.69, 9.17) is 9.15 Å². The van der Waals surface area contributed by atoms with Crippen molar-refractivity contribution in [3.8, 4) is 0 Å². The van der Waals surface area contributed by atoms with E-state index < -0.39 is 0 Å². The van der Waals surface area contributed by atoms with Crippen LogP contribution in [-0.4, -0.2) is 49.5 Å². The molecule has 0 bridgehead atoms. The predicted molar refractivity (Wildman–Crippen MR) is 76.3 cm³/mol. The first-order valence-electron chi connectivity index (χ1n) is 7.09. The van der Waals surface area contributed by atoms with Gasteiger partial charge in [0.2, 0.25) is 5.91 Å². The third-order valence-corrected chi connectivity index (χ3v) is 3.89. The molecule has 1 amide bonds. The number of furan rings is 1. The van der Waals surface area contributed by atoms with Gasteiger partial charge in [-0.25, -0.2) is 0 Å². The minimum Gasteiger partial charge on any atom is -0.462 e. The lowest BCUT2D eigenvalue weighted by molar-refractivity contribution is -0.134. The molecule has 0 unspecified atom stereocenters. The van der Waals surface area contributed by atoms with Crippen LogP contribution in [0.4, 0.5) is 0 Å². The van der Waals surface area contributed by atoms with Gasteiger partial charge in [0, 0.05) is 21.2 Å². The van der Waals surface area contributed by atoms with Crippen molar-refractivity contribution in [2.24, 2.45) is 0 Å². The number of amides is 1. The lowest BCUT2D eigenvalue weighted by atomic mass is 10.1. The van der Waals surface area contributed by atoms with Crippen molar-refractivity contribution in [1.29, 1.82) is 0 Å². The van der Waals surface area contributed by atoms with Crippen molar-refractivity contribution in [3.05, 3.63) is 23.7 Å². The van der Waals surface area contributed by atoms with Crippen LogP contribution >= 0.6 is 0 Å². The quantitative estimate of drug-likeness (QED) is 0.828. The number of carbonyl (C=O) groups is 1. The highest BCUT2D eigenvalue weighted by Gasteiger charge is 2.35. The zero-order valence-electron chi connectivity index (χ0n) is 12.8. The third-order valence-electron chi connectivity index (χ3n) is 3.89. The van der Waals surface area contributed by atoms with Gasteiger partial charge in [-0.1, -0.05) is 0 Å². The number of likely N-dealkylation sites (tertiary alicyclic amines) is 1. The van der Waals surface area contributed by atoms with Crippen molar-refractivity contribution in [3.63, 3.8) is 0 Å². The maximum atomic E-state index is 12.1. The smallest absolute Gasteiger partial charge is 0.239 e. The molecule has 0 saturated carbocycles. The van der Waals surface area contributed by atoms with E-state index in [1.807, 2.05) is 19.1 Å². The second-order valence-corrected chi connectivity index (χ2v) is 5.54. The van der Waals surface area contributed by atoms with Crippen LogP contribution in [0.15, 0.2) is 16.5 Å². The van der Waals surface area contributed by atoms with Crippen LogP contribution in [0.5, 0.6) is 0 Å². The molecule has 1 saturated heterocycles. The van der Waals surface area contributed by atoms with Crippen molar-refractivity contribution >= 4 is 5.91 Å². The highest BCUT2D eigenvalue weighted by atomic mass is 16.5. The summed E-state index contributed by atoms with van der Waals surface area (Å²) >= 11 is 0. The summed E-state index contributed by atoms with van der Waals surface area (Å²) in [7, 11) is 5.25. The Morgan fingerprint density at radius 1 is 1.55 bits per heavy atom. The van der Waals surface area contributed by atoms with Crippen molar-refractivity contribution < 1.29 is 13.9 Å². The van der Waals surface area contributed by atoms with E-state index in [0.717, 1.165) is 30.9 Å². The fraction of sp³-hybridized carbons (Fsp3) is 0.667. The Bertz CT molecular complexity index is 456. The molecule has 1 aliphatic rings. The van der Waals surface area contributed by atoms with Gasteiger partial charge in [-0.05, 0) is 38.4 Å². The van der Waals surface area contributed by atoms with E-state index in [1.54, 1.807) is 26.1 Å². The van der Waals surface area contributed by atoms with E-state index >= 15 is 0 Å². The molecule has 0 spiro atoms. The Morgan fingerprint density at radius 2 is 2.30 bits per heavy atom. The minimum absolute atomic E-state index is 0.117. The molecule has 0 N–H and O–H groups in total. The number of methoxy groups -OCH3 is 1. The van der Waals surface area contributed by atoms with Gasteiger partial charge in [-0.15, -0.1) is 0 Å². The molecular weight excluding hydrogens is 256 g/mol. The van der Waals surface area contributed by atoms with Crippen LogP contribution in [0.2, 0.25) is 0 Å². The fourth-order valence-electron chi connectivity index (χ4n) is 2.87. The van der Waals surface area contributed by atoms with Crippen molar-refractivity contribution in [1.82, 2.24) is 9.80 Å². The predicted octanol–water partition coefficient (Wildman–Crippen LogP) is 2.04. The molecule has 1 aromatic rings. The molecule has 1 fully saturated rings. The molecular formula is C15H24N2O3. The number of ether oxygens (including phenoxy) is 1. The molecule has 0 radical (unpaired) electrons. The van der Waals surface area contributed by atoms with Crippen LogP contribution in [0.1, 0.15) is 37.3 Å². The molecule has 5 nitrogen and oxygen atoms in total. The van der Waals surface area contributed by atoms with Gasteiger partial charge in [0.05, 0.1) is 12.1 Å². The molecule has 2 atom stereocenters. The average Bonchev–Trinajstić information content (AvgIpc) is 3.05. The van der Waals surface area contributed by atoms with E-state index in [-0.39, 0.29) is 18.0 Å². The Kier molecular flexibility index (Phi) is 4.83. The molecule has 5 heteroatoms. The maximum Gasteiger partial charge on any atom is 0.239 e. The van der Waals surface area contributed by atoms with Crippen molar-refractivity contribution in [2.45, 2.75) is 38.5 Å².